The number of ether oxygens (including phenoxy) is 2. The minimum absolute atomic E-state index is 0.00108. The smallest absolute Gasteiger partial charge is 0.233 e. The SMILES string of the molecule is COc1ccc(-n2c(S[C@@H](C)C(=O)NC[C@H]3CCCO3)nc3ccccc32)cc1. The van der Waals surface area contributed by atoms with Crippen molar-refractivity contribution in [3.63, 3.8) is 0 Å². The number of fused-ring (bicyclic) bond motifs is 1. The second kappa shape index (κ2) is 8.88. The molecule has 1 saturated heterocycles. The van der Waals surface area contributed by atoms with E-state index in [1.807, 2.05) is 55.5 Å². The van der Waals surface area contributed by atoms with E-state index in [0.717, 1.165) is 47.1 Å². The first-order valence-corrected chi connectivity index (χ1v) is 10.7. The van der Waals surface area contributed by atoms with E-state index in [0.29, 0.717) is 6.54 Å². The maximum absolute atomic E-state index is 12.6. The average Bonchev–Trinajstić information content (AvgIpc) is 3.39. The summed E-state index contributed by atoms with van der Waals surface area (Å²) in [5.41, 5.74) is 2.89. The number of nitrogens with one attached hydrogen (secondary N) is 1. The predicted octanol–water partition coefficient (Wildman–Crippen LogP) is 3.81. The number of methoxy groups -OCH3 is 1. The van der Waals surface area contributed by atoms with Crippen molar-refractivity contribution in [1.29, 1.82) is 0 Å². The molecule has 0 aliphatic carbocycles. The fourth-order valence-electron chi connectivity index (χ4n) is 3.44. The molecule has 7 heteroatoms. The van der Waals surface area contributed by atoms with Gasteiger partial charge in [-0.3, -0.25) is 9.36 Å². The van der Waals surface area contributed by atoms with E-state index >= 15 is 0 Å². The molecule has 0 bridgehead atoms. The van der Waals surface area contributed by atoms with E-state index in [9.17, 15) is 4.79 Å². The highest BCUT2D eigenvalue weighted by atomic mass is 32.2. The summed E-state index contributed by atoms with van der Waals surface area (Å²) in [4.78, 5) is 17.4. The van der Waals surface area contributed by atoms with Gasteiger partial charge >= 0.3 is 0 Å². The van der Waals surface area contributed by atoms with Gasteiger partial charge in [0.05, 0.1) is 29.5 Å². The lowest BCUT2D eigenvalue weighted by molar-refractivity contribution is -0.120. The molecule has 2 aromatic carbocycles. The van der Waals surface area contributed by atoms with Crippen molar-refractivity contribution in [2.75, 3.05) is 20.3 Å². The quantitative estimate of drug-likeness (QED) is 0.599. The van der Waals surface area contributed by atoms with Crippen LogP contribution in [0.4, 0.5) is 0 Å². The fraction of sp³-hybridized carbons (Fsp3) is 0.364. The monoisotopic (exact) mass is 411 g/mol. The van der Waals surface area contributed by atoms with Crippen LogP contribution in [0.25, 0.3) is 16.7 Å². The number of para-hydroxylation sites is 2. The van der Waals surface area contributed by atoms with Crippen molar-refractivity contribution in [2.45, 2.75) is 36.3 Å². The van der Waals surface area contributed by atoms with Crippen molar-refractivity contribution in [3.8, 4) is 11.4 Å². The van der Waals surface area contributed by atoms with Crippen molar-refractivity contribution < 1.29 is 14.3 Å². The van der Waals surface area contributed by atoms with Crippen LogP contribution in [0.15, 0.2) is 53.7 Å². The third kappa shape index (κ3) is 4.41. The summed E-state index contributed by atoms with van der Waals surface area (Å²) in [5, 5.41) is 3.53. The van der Waals surface area contributed by atoms with Crippen LogP contribution in [0.2, 0.25) is 0 Å². The van der Waals surface area contributed by atoms with Gasteiger partial charge in [-0.2, -0.15) is 0 Å². The van der Waals surface area contributed by atoms with Gasteiger partial charge in [0.2, 0.25) is 5.91 Å². The maximum atomic E-state index is 12.6. The highest BCUT2D eigenvalue weighted by Crippen LogP contribution is 2.31. The highest BCUT2D eigenvalue weighted by molar-refractivity contribution is 8.00. The van der Waals surface area contributed by atoms with Gasteiger partial charge in [-0.25, -0.2) is 4.98 Å². The number of hydrogen-bond donors (Lipinski definition) is 1. The van der Waals surface area contributed by atoms with E-state index in [4.69, 9.17) is 14.5 Å². The molecule has 1 aromatic heterocycles. The lowest BCUT2D eigenvalue weighted by atomic mass is 10.2. The first kappa shape index (κ1) is 19.8. The number of benzene rings is 2. The van der Waals surface area contributed by atoms with E-state index in [1.54, 1.807) is 7.11 Å². The Labute approximate surface area is 174 Å². The molecule has 0 unspecified atom stereocenters. The number of imidazole rings is 1. The van der Waals surface area contributed by atoms with E-state index in [-0.39, 0.29) is 17.3 Å². The Morgan fingerprint density at radius 2 is 2.10 bits per heavy atom. The van der Waals surface area contributed by atoms with Gasteiger partial charge < -0.3 is 14.8 Å². The van der Waals surface area contributed by atoms with Gasteiger partial charge in [0.1, 0.15) is 5.75 Å². The molecule has 2 atom stereocenters. The van der Waals surface area contributed by atoms with E-state index < -0.39 is 0 Å². The number of hydrogen-bond acceptors (Lipinski definition) is 5. The number of aromatic nitrogens is 2. The molecule has 1 amide bonds. The normalized spacial score (nSPS) is 17.4. The van der Waals surface area contributed by atoms with Crippen LogP contribution >= 0.6 is 11.8 Å². The van der Waals surface area contributed by atoms with Crippen molar-refractivity contribution in [2.24, 2.45) is 0 Å². The molecular weight excluding hydrogens is 386 g/mol. The zero-order valence-corrected chi connectivity index (χ0v) is 17.4. The van der Waals surface area contributed by atoms with Crippen LogP contribution in [0.3, 0.4) is 0 Å². The minimum atomic E-state index is -0.273. The van der Waals surface area contributed by atoms with E-state index in [1.165, 1.54) is 11.8 Å². The van der Waals surface area contributed by atoms with E-state index in [2.05, 4.69) is 9.88 Å². The zero-order chi connectivity index (χ0) is 20.2. The molecule has 1 N–H and O–H groups in total. The van der Waals surface area contributed by atoms with Crippen LogP contribution in [0, 0.1) is 0 Å². The van der Waals surface area contributed by atoms with Crippen molar-refractivity contribution in [3.05, 3.63) is 48.5 Å². The molecule has 0 saturated carbocycles. The summed E-state index contributed by atoms with van der Waals surface area (Å²) in [6.45, 7) is 3.27. The Hall–Kier alpha value is -2.51. The molecule has 29 heavy (non-hydrogen) atoms. The van der Waals surface area contributed by atoms with Crippen LogP contribution in [0.5, 0.6) is 5.75 Å². The first-order valence-electron chi connectivity index (χ1n) is 9.83. The van der Waals surface area contributed by atoms with Crippen LogP contribution in [0.1, 0.15) is 19.8 Å². The fourth-order valence-corrected chi connectivity index (χ4v) is 4.41. The second-order valence-electron chi connectivity index (χ2n) is 7.06. The molecule has 4 rings (SSSR count). The predicted molar refractivity (Wildman–Crippen MR) is 115 cm³/mol. The summed E-state index contributed by atoms with van der Waals surface area (Å²) >= 11 is 1.46. The number of amides is 1. The average molecular weight is 412 g/mol. The largest absolute Gasteiger partial charge is 0.497 e. The van der Waals surface area contributed by atoms with Gasteiger partial charge in [-0.05, 0) is 56.2 Å². The lowest BCUT2D eigenvalue weighted by Gasteiger charge is -2.15. The molecule has 1 fully saturated rings. The molecule has 3 aromatic rings. The third-order valence-corrected chi connectivity index (χ3v) is 6.09. The highest BCUT2D eigenvalue weighted by Gasteiger charge is 2.22. The molecule has 0 spiro atoms. The number of thioether (sulfide) groups is 1. The molecule has 6 nitrogen and oxygen atoms in total. The minimum Gasteiger partial charge on any atom is -0.497 e. The number of carbonyl (C=O) groups is 1. The Morgan fingerprint density at radius 3 is 2.83 bits per heavy atom. The summed E-state index contributed by atoms with van der Waals surface area (Å²) < 4.78 is 13.0. The summed E-state index contributed by atoms with van der Waals surface area (Å²) in [7, 11) is 1.65. The molecule has 1 aliphatic rings. The third-order valence-electron chi connectivity index (χ3n) is 5.04. The maximum Gasteiger partial charge on any atom is 0.233 e. The molecule has 0 radical (unpaired) electrons. The Kier molecular flexibility index (Phi) is 6.06. The molecule has 152 valence electrons. The van der Waals surface area contributed by atoms with Crippen molar-refractivity contribution >= 4 is 28.7 Å². The zero-order valence-electron chi connectivity index (χ0n) is 16.6. The second-order valence-corrected chi connectivity index (χ2v) is 8.36. The summed E-state index contributed by atoms with van der Waals surface area (Å²) in [6, 6.07) is 15.8. The van der Waals surface area contributed by atoms with Gasteiger partial charge in [-0.1, -0.05) is 23.9 Å². The Morgan fingerprint density at radius 1 is 1.31 bits per heavy atom. The first-order chi connectivity index (χ1) is 14.2. The van der Waals surface area contributed by atoms with Gasteiger partial charge in [0.25, 0.3) is 0 Å². The topological polar surface area (TPSA) is 65.4 Å². The summed E-state index contributed by atoms with van der Waals surface area (Å²) in [6.07, 6.45) is 2.21. The summed E-state index contributed by atoms with van der Waals surface area (Å²) in [5.74, 6) is 0.799. The van der Waals surface area contributed by atoms with Crippen LogP contribution in [-0.4, -0.2) is 47.1 Å². The molecule has 2 heterocycles. The van der Waals surface area contributed by atoms with Gasteiger partial charge in [0.15, 0.2) is 5.16 Å². The van der Waals surface area contributed by atoms with Crippen LogP contribution < -0.4 is 10.1 Å². The number of carbonyl (C=O) groups excluding carboxylic acids is 1. The lowest BCUT2D eigenvalue weighted by Crippen LogP contribution is -2.36. The van der Waals surface area contributed by atoms with Crippen molar-refractivity contribution in [1.82, 2.24) is 14.9 Å². The Bertz CT molecular complexity index is 981. The standard InChI is InChI=1S/C22H25N3O3S/c1-15(21(26)23-14-18-6-5-13-28-18)29-22-24-19-7-3-4-8-20(19)25(22)16-9-11-17(27-2)12-10-16/h3-4,7-12,15,18H,5-6,13-14H2,1-2H3,(H,23,26)/t15-,18+/m0/s1. The van der Waals surface area contributed by atoms with Gasteiger partial charge in [-0.15, -0.1) is 0 Å². The Balaban J connectivity index is 1.56. The van der Waals surface area contributed by atoms with Crippen LogP contribution in [-0.2, 0) is 9.53 Å². The number of rotatable bonds is 7. The number of nitrogens with zero attached hydrogens (tertiary/aromatic N) is 2. The molecular formula is C22H25N3O3S. The molecule has 1 aliphatic heterocycles. The van der Waals surface area contributed by atoms with Gasteiger partial charge in [0, 0.05) is 18.8 Å².